The third-order valence-corrected chi connectivity index (χ3v) is 3.53. The van der Waals surface area contributed by atoms with E-state index in [-0.39, 0.29) is 0 Å². The molecule has 0 unspecified atom stereocenters. The molecule has 0 radical (unpaired) electrons. The number of hydrogen-bond acceptors (Lipinski definition) is 4. The lowest BCUT2D eigenvalue weighted by atomic mass is 9.85. The summed E-state index contributed by atoms with van der Waals surface area (Å²) >= 11 is 1.61. The Kier molecular flexibility index (Phi) is 1.86. The maximum atomic E-state index is 9.07. The van der Waals surface area contributed by atoms with Gasteiger partial charge < -0.3 is 4.74 Å². The SMILES string of the molecule is Cc1nc(C)c(C2(C#N)COC2)s1. The zero-order valence-electron chi connectivity index (χ0n) is 7.63. The molecule has 0 aliphatic carbocycles. The summed E-state index contributed by atoms with van der Waals surface area (Å²) in [5, 5.41) is 10.1. The van der Waals surface area contributed by atoms with E-state index in [2.05, 4.69) is 11.1 Å². The van der Waals surface area contributed by atoms with Crippen molar-refractivity contribution in [3.63, 3.8) is 0 Å². The summed E-state index contributed by atoms with van der Waals surface area (Å²) in [6.45, 7) is 4.96. The molecule has 2 rings (SSSR count). The highest BCUT2D eigenvalue weighted by atomic mass is 32.1. The largest absolute Gasteiger partial charge is 0.377 e. The summed E-state index contributed by atoms with van der Waals surface area (Å²) in [5.41, 5.74) is 0.586. The van der Waals surface area contributed by atoms with E-state index in [1.807, 2.05) is 13.8 Å². The highest BCUT2D eigenvalue weighted by Gasteiger charge is 2.43. The minimum atomic E-state index is -0.393. The van der Waals surface area contributed by atoms with Gasteiger partial charge in [-0.1, -0.05) is 0 Å². The number of nitriles is 1. The van der Waals surface area contributed by atoms with Crippen LogP contribution in [-0.2, 0) is 10.2 Å². The van der Waals surface area contributed by atoms with E-state index in [4.69, 9.17) is 10.00 Å². The van der Waals surface area contributed by atoms with Crippen molar-refractivity contribution >= 4 is 11.3 Å². The van der Waals surface area contributed by atoms with E-state index in [9.17, 15) is 0 Å². The fourth-order valence-electron chi connectivity index (χ4n) is 1.53. The first-order valence-electron chi connectivity index (χ1n) is 4.11. The van der Waals surface area contributed by atoms with Crippen LogP contribution in [0.2, 0.25) is 0 Å². The number of ether oxygens (including phenoxy) is 1. The highest BCUT2D eigenvalue weighted by Crippen LogP contribution is 2.37. The lowest BCUT2D eigenvalue weighted by Crippen LogP contribution is -2.45. The van der Waals surface area contributed by atoms with Crippen molar-refractivity contribution in [2.75, 3.05) is 13.2 Å². The van der Waals surface area contributed by atoms with E-state index < -0.39 is 5.41 Å². The molecule has 13 heavy (non-hydrogen) atoms. The molecular weight excluding hydrogens is 184 g/mol. The topological polar surface area (TPSA) is 45.9 Å². The van der Waals surface area contributed by atoms with Gasteiger partial charge in [-0.3, -0.25) is 0 Å². The first-order chi connectivity index (χ1) is 6.18. The molecule has 0 spiro atoms. The van der Waals surface area contributed by atoms with E-state index >= 15 is 0 Å². The Hall–Kier alpha value is -0.920. The second-order valence-corrected chi connectivity index (χ2v) is 4.54. The molecule has 1 aliphatic heterocycles. The Morgan fingerprint density at radius 1 is 1.54 bits per heavy atom. The first-order valence-corrected chi connectivity index (χ1v) is 4.93. The third-order valence-electron chi connectivity index (χ3n) is 2.25. The average Bonchev–Trinajstić information content (AvgIpc) is 2.30. The van der Waals surface area contributed by atoms with Crippen LogP contribution < -0.4 is 0 Å². The quantitative estimate of drug-likeness (QED) is 0.681. The molecule has 1 saturated heterocycles. The third kappa shape index (κ3) is 1.16. The van der Waals surface area contributed by atoms with Crippen LogP contribution in [0.1, 0.15) is 15.6 Å². The lowest BCUT2D eigenvalue weighted by molar-refractivity contribution is -0.0284. The van der Waals surface area contributed by atoms with Crippen LogP contribution >= 0.6 is 11.3 Å². The van der Waals surface area contributed by atoms with Gasteiger partial charge in [-0.25, -0.2) is 4.98 Å². The summed E-state index contributed by atoms with van der Waals surface area (Å²) < 4.78 is 5.10. The van der Waals surface area contributed by atoms with Crippen molar-refractivity contribution in [3.8, 4) is 6.07 Å². The number of nitrogens with zero attached hydrogens (tertiary/aromatic N) is 2. The Morgan fingerprint density at radius 2 is 2.23 bits per heavy atom. The molecule has 1 fully saturated rings. The minimum absolute atomic E-state index is 0.393. The second-order valence-electron chi connectivity index (χ2n) is 3.33. The monoisotopic (exact) mass is 194 g/mol. The molecule has 0 N–H and O–H groups in total. The van der Waals surface area contributed by atoms with Crippen molar-refractivity contribution in [1.29, 1.82) is 5.26 Å². The summed E-state index contributed by atoms with van der Waals surface area (Å²) in [6.07, 6.45) is 0. The van der Waals surface area contributed by atoms with Crippen LogP contribution in [0.15, 0.2) is 0 Å². The van der Waals surface area contributed by atoms with E-state index in [0.717, 1.165) is 15.6 Å². The molecule has 2 heterocycles. The Morgan fingerprint density at radius 3 is 2.54 bits per heavy atom. The van der Waals surface area contributed by atoms with Crippen molar-refractivity contribution in [3.05, 3.63) is 15.6 Å². The summed E-state index contributed by atoms with van der Waals surface area (Å²) in [5.74, 6) is 0. The van der Waals surface area contributed by atoms with Gasteiger partial charge in [0, 0.05) is 0 Å². The maximum absolute atomic E-state index is 9.07. The normalized spacial score (nSPS) is 19.2. The van der Waals surface area contributed by atoms with E-state index in [0.29, 0.717) is 13.2 Å². The fourth-order valence-corrected chi connectivity index (χ4v) is 2.56. The van der Waals surface area contributed by atoms with Gasteiger partial charge in [-0.2, -0.15) is 5.26 Å². The average molecular weight is 194 g/mol. The van der Waals surface area contributed by atoms with Gasteiger partial charge in [0.05, 0.1) is 34.9 Å². The highest BCUT2D eigenvalue weighted by molar-refractivity contribution is 7.11. The summed E-state index contributed by atoms with van der Waals surface area (Å²) in [7, 11) is 0. The molecule has 4 heteroatoms. The summed E-state index contributed by atoms with van der Waals surface area (Å²) in [4.78, 5) is 5.40. The lowest BCUT2D eigenvalue weighted by Gasteiger charge is -2.34. The van der Waals surface area contributed by atoms with Crippen molar-refractivity contribution in [2.24, 2.45) is 0 Å². The van der Waals surface area contributed by atoms with Crippen molar-refractivity contribution < 1.29 is 4.74 Å². The molecule has 0 amide bonds. The molecular formula is C9H10N2OS. The van der Waals surface area contributed by atoms with Crippen LogP contribution in [0.5, 0.6) is 0 Å². The van der Waals surface area contributed by atoms with Crippen molar-refractivity contribution in [1.82, 2.24) is 4.98 Å². The zero-order chi connectivity index (χ0) is 9.47. The predicted molar refractivity (Wildman–Crippen MR) is 49.7 cm³/mol. The van der Waals surface area contributed by atoms with E-state index in [1.54, 1.807) is 11.3 Å². The van der Waals surface area contributed by atoms with Gasteiger partial charge in [-0.15, -0.1) is 11.3 Å². The van der Waals surface area contributed by atoms with Gasteiger partial charge in [0.15, 0.2) is 0 Å². The number of thiazole rings is 1. The molecule has 68 valence electrons. The molecule has 0 atom stereocenters. The molecule has 1 aromatic heterocycles. The van der Waals surface area contributed by atoms with Gasteiger partial charge in [-0.05, 0) is 13.8 Å². The first kappa shape index (κ1) is 8.67. The van der Waals surface area contributed by atoms with Crippen LogP contribution in [0, 0.1) is 25.2 Å². The molecule has 0 bridgehead atoms. The van der Waals surface area contributed by atoms with Gasteiger partial charge >= 0.3 is 0 Å². The number of aromatic nitrogens is 1. The van der Waals surface area contributed by atoms with Gasteiger partial charge in [0.2, 0.25) is 0 Å². The smallest absolute Gasteiger partial charge is 0.140 e. The van der Waals surface area contributed by atoms with E-state index in [1.165, 1.54) is 0 Å². The standard InChI is InChI=1S/C9H10N2OS/c1-6-8(13-7(2)11-6)9(3-10)4-12-5-9/h4-5H2,1-2H3. The molecule has 0 aromatic carbocycles. The zero-order valence-corrected chi connectivity index (χ0v) is 8.44. The summed E-state index contributed by atoms with van der Waals surface area (Å²) in [6, 6.07) is 2.33. The molecule has 1 aliphatic rings. The molecule has 0 saturated carbocycles. The predicted octanol–water partition coefficient (Wildman–Crippen LogP) is 1.55. The minimum Gasteiger partial charge on any atom is -0.377 e. The molecule has 1 aromatic rings. The maximum Gasteiger partial charge on any atom is 0.140 e. The van der Waals surface area contributed by atoms with Crippen LogP contribution in [0.3, 0.4) is 0 Å². The Balaban J connectivity index is 2.45. The van der Waals surface area contributed by atoms with Crippen LogP contribution in [0.4, 0.5) is 0 Å². The van der Waals surface area contributed by atoms with Crippen molar-refractivity contribution in [2.45, 2.75) is 19.3 Å². The molecule has 3 nitrogen and oxygen atoms in total. The fraction of sp³-hybridized carbons (Fsp3) is 0.556. The Bertz CT molecular complexity index is 373. The number of hydrogen-bond donors (Lipinski definition) is 0. The van der Waals surface area contributed by atoms with Crippen LogP contribution in [0.25, 0.3) is 0 Å². The van der Waals surface area contributed by atoms with Gasteiger partial charge in [0.1, 0.15) is 5.41 Å². The van der Waals surface area contributed by atoms with Crippen LogP contribution in [-0.4, -0.2) is 18.2 Å². The number of rotatable bonds is 1. The Labute approximate surface area is 81.0 Å². The second kappa shape index (κ2) is 2.79. The number of aryl methyl sites for hydroxylation is 2. The van der Waals surface area contributed by atoms with Gasteiger partial charge in [0.25, 0.3) is 0 Å².